The van der Waals surface area contributed by atoms with E-state index in [2.05, 4.69) is 4.72 Å². The van der Waals surface area contributed by atoms with Crippen LogP contribution in [-0.2, 0) is 11.3 Å². The van der Waals surface area contributed by atoms with Crippen molar-refractivity contribution in [2.45, 2.75) is 0 Å². The summed E-state index contributed by atoms with van der Waals surface area (Å²) in [5.74, 6) is -1.16. The Kier molecular flexibility index (Phi) is 3.05. The van der Waals surface area contributed by atoms with E-state index in [1.165, 1.54) is 18.2 Å². The highest BCUT2D eigenvalue weighted by atomic mass is 32.2. The van der Waals surface area contributed by atoms with Crippen molar-refractivity contribution >= 4 is 28.6 Å². The molecule has 0 saturated carbocycles. The molecular formula is C7H7N2O4S-. The van der Waals surface area contributed by atoms with E-state index >= 15 is 0 Å². The molecule has 0 spiro atoms. The number of carboxylic acids is 1. The second-order valence-corrected chi connectivity index (χ2v) is 3.12. The number of nitrogens with two attached hydrogens (primary N) is 1. The average Bonchev–Trinajstić information content (AvgIpc) is 2.01. The third-order valence-corrected chi connectivity index (χ3v) is 1.89. The Balaban J connectivity index is 3.00. The molecule has 1 aromatic carbocycles. The second-order valence-electron chi connectivity index (χ2n) is 2.44. The van der Waals surface area contributed by atoms with Crippen LogP contribution in [0.2, 0.25) is 0 Å². The van der Waals surface area contributed by atoms with Crippen LogP contribution in [0.5, 0.6) is 0 Å². The normalized spacial score (nSPS) is 12.1. The van der Waals surface area contributed by atoms with E-state index in [0.29, 0.717) is 0 Å². The number of aromatic carboxylic acids is 1. The third-order valence-electron chi connectivity index (χ3n) is 1.48. The fourth-order valence-corrected chi connectivity index (χ4v) is 1.24. The molecule has 4 N–H and O–H groups in total. The molecule has 0 bridgehead atoms. The number of hydrogen-bond acceptors (Lipinski definition) is 4. The first-order chi connectivity index (χ1) is 6.50. The van der Waals surface area contributed by atoms with Crippen molar-refractivity contribution in [1.82, 2.24) is 0 Å². The largest absolute Gasteiger partial charge is 0.755 e. The predicted molar refractivity (Wildman–Crippen MR) is 50.4 cm³/mol. The Morgan fingerprint density at radius 1 is 1.57 bits per heavy atom. The van der Waals surface area contributed by atoms with E-state index in [0.717, 1.165) is 0 Å². The van der Waals surface area contributed by atoms with Gasteiger partial charge < -0.3 is 20.1 Å². The summed E-state index contributed by atoms with van der Waals surface area (Å²) in [6, 6.07) is 3.78. The van der Waals surface area contributed by atoms with Gasteiger partial charge in [-0.15, -0.1) is 0 Å². The van der Waals surface area contributed by atoms with Crippen LogP contribution in [0.15, 0.2) is 18.2 Å². The standard InChI is InChI=1S/C7H8N2O4S/c8-6-3-4(9-14(12)13)1-2-5(6)7(10)11/h1-3,9H,8H2,(H,10,11)(H,12,13)/p-1. The first kappa shape index (κ1) is 10.5. The maximum absolute atomic E-state index is 10.5. The van der Waals surface area contributed by atoms with E-state index in [1.807, 2.05) is 0 Å². The Labute approximate surface area is 82.2 Å². The first-order valence-corrected chi connectivity index (χ1v) is 4.57. The molecule has 0 saturated heterocycles. The number of carboxylic acid groups (broad SMARTS) is 1. The van der Waals surface area contributed by atoms with Crippen LogP contribution in [0.4, 0.5) is 11.4 Å². The number of hydrogen-bond donors (Lipinski definition) is 3. The molecule has 1 unspecified atom stereocenters. The molecule has 1 rings (SSSR count). The molecule has 1 aromatic rings. The highest BCUT2D eigenvalue weighted by molar-refractivity contribution is 7.80. The summed E-state index contributed by atoms with van der Waals surface area (Å²) < 4.78 is 22.5. The minimum absolute atomic E-state index is 0.00736. The molecule has 0 aromatic heterocycles. The summed E-state index contributed by atoms with van der Waals surface area (Å²) >= 11 is -2.45. The van der Waals surface area contributed by atoms with Crippen LogP contribution >= 0.6 is 0 Å². The van der Waals surface area contributed by atoms with Gasteiger partial charge in [0.25, 0.3) is 0 Å². The predicted octanol–water partition coefficient (Wildman–Crippen LogP) is 0.173. The zero-order valence-corrected chi connectivity index (χ0v) is 7.71. The summed E-state index contributed by atoms with van der Waals surface area (Å²) in [7, 11) is 0. The minimum Gasteiger partial charge on any atom is -0.755 e. The van der Waals surface area contributed by atoms with Crippen LogP contribution in [0.1, 0.15) is 10.4 Å². The lowest BCUT2D eigenvalue weighted by Gasteiger charge is -2.09. The highest BCUT2D eigenvalue weighted by Crippen LogP contribution is 2.17. The molecule has 76 valence electrons. The van der Waals surface area contributed by atoms with Crippen molar-refractivity contribution in [3.63, 3.8) is 0 Å². The molecule has 0 amide bonds. The molecular weight excluding hydrogens is 208 g/mol. The molecule has 0 fully saturated rings. The Morgan fingerprint density at radius 3 is 2.64 bits per heavy atom. The first-order valence-electron chi connectivity index (χ1n) is 3.49. The van der Waals surface area contributed by atoms with Gasteiger partial charge in [0.1, 0.15) is 0 Å². The quantitative estimate of drug-likeness (QED) is 0.491. The van der Waals surface area contributed by atoms with Crippen molar-refractivity contribution < 1.29 is 18.7 Å². The monoisotopic (exact) mass is 215 g/mol. The molecule has 0 aliphatic carbocycles. The summed E-state index contributed by atoms with van der Waals surface area (Å²) in [5.41, 5.74) is 5.54. The number of nitrogen functional groups attached to an aromatic ring is 1. The highest BCUT2D eigenvalue weighted by Gasteiger charge is 2.07. The van der Waals surface area contributed by atoms with Crippen LogP contribution in [-0.4, -0.2) is 19.8 Å². The number of rotatable bonds is 3. The van der Waals surface area contributed by atoms with Gasteiger partial charge in [0, 0.05) is 22.6 Å². The van der Waals surface area contributed by atoms with Crippen LogP contribution in [0, 0.1) is 0 Å². The van der Waals surface area contributed by atoms with Crippen molar-refractivity contribution in [3.05, 3.63) is 23.8 Å². The molecule has 14 heavy (non-hydrogen) atoms. The zero-order chi connectivity index (χ0) is 10.7. The molecule has 0 aliphatic heterocycles. The number of carbonyl (C=O) groups is 1. The molecule has 0 heterocycles. The van der Waals surface area contributed by atoms with Gasteiger partial charge in [0.15, 0.2) is 0 Å². The lowest BCUT2D eigenvalue weighted by atomic mass is 10.1. The van der Waals surface area contributed by atoms with Crippen molar-refractivity contribution in [1.29, 1.82) is 0 Å². The summed E-state index contributed by atoms with van der Waals surface area (Å²) in [5, 5.41) is 8.62. The zero-order valence-electron chi connectivity index (χ0n) is 6.89. The SMILES string of the molecule is Nc1cc(NS(=O)[O-])ccc1C(=O)O. The van der Waals surface area contributed by atoms with Crippen molar-refractivity contribution in [3.8, 4) is 0 Å². The van der Waals surface area contributed by atoms with E-state index in [1.54, 1.807) is 0 Å². The van der Waals surface area contributed by atoms with Gasteiger partial charge >= 0.3 is 5.97 Å². The number of nitrogens with one attached hydrogen (secondary N) is 1. The van der Waals surface area contributed by atoms with Crippen LogP contribution in [0.3, 0.4) is 0 Å². The Bertz CT molecular complexity index is 393. The van der Waals surface area contributed by atoms with E-state index in [4.69, 9.17) is 10.8 Å². The summed E-state index contributed by atoms with van der Waals surface area (Å²) in [4.78, 5) is 10.5. The van der Waals surface area contributed by atoms with E-state index < -0.39 is 17.2 Å². The Morgan fingerprint density at radius 2 is 2.21 bits per heavy atom. The lowest BCUT2D eigenvalue weighted by molar-refractivity contribution is 0.0698. The van der Waals surface area contributed by atoms with Crippen LogP contribution < -0.4 is 10.5 Å². The molecule has 7 heteroatoms. The van der Waals surface area contributed by atoms with Gasteiger partial charge in [-0.2, -0.15) is 0 Å². The molecule has 0 aliphatic rings. The molecule has 6 nitrogen and oxygen atoms in total. The topological polar surface area (TPSA) is 115 Å². The fraction of sp³-hybridized carbons (Fsp3) is 0. The Hall–Kier alpha value is -1.60. The van der Waals surface area contributed by atoms with Gasteiger partial charge in [0.05, 0.1) is 5.56 Å². The second kappa shape index (κ2) is 4.07. The van der Waals surface area contributed by atoms with Gasteiger partial charge in [-0.05, 0) is 18.2 Å². The summed E-state index contributed by atoms with van der Waals surface area (Å²) in [6.45, 7) is 0. The van der Waals surface area contributed by atoms with Crippen molar-refractivity contribution in [2.75, 3.05) is 10.5 Å². The maximum atomic E-state index is 10.5. The third kappa shape index (κ3) is 2.44. The van der Waals surface area contributed by atoms with Gasteiger partial charge in [-0.25, -0.2) is 4.79 Å². The average molecular weight is 215 g/mol. The van der Waals surface area contributed by atoms with Gasteiger partial charge in [-0.3, -0.25) is 4.21 Å². The number of benzene rings is 1. The summed E-state index contributed by atoms with van der Waals surface area (Å²) in [6.07, 6.45) is 0. The minimum atomic E-state index is -2.45. The molecule has 1 atom stereocenters. The van der Waals surface area contributed by atoms with E-state index in [-0.39, 0.29) is 16.9 Å². The molecule has 0 radical (unpaired) electrons. The lowest BCUT2D eigenvalue weighted by Crippen LogP contribution is -2.06. The van der Waals surface area contributed by atoms with Gasteiger partial charge in [-0.1, -0.05) is 0 Å². The van der Waals surface area contributed by atoms with Crippen molar-refractivity contribution in [2.24, 2.45) is 0 Å². The van der Waals surface area contributed by atoms with Gasteiger partial charge in [0.2, 0.25) is 0 Å². The van der Waals surface area contributed by atoms with Crippen LogP contribution in [0.25, 0.3) is 0 Å². The maximum Gasteiger partial charge on any atom is 0.337 e. The fourth-order valence-electron chi connectivity index (χ4n) is 0.917. The van der Waals surface area contributed by atoms with E-state index in [9.17, 15) is 13.6 Å². The smallest absolute Gasteiger partial charge is 0.337 e. The number of anilines is 2.